The first-order valence-corrected chi connectivity index (χ1v) is 2.30. The van der Waals surface area contributed by atoms with E-state index in [-0.39, 0.29) is 6.04 Å². The monoisotopic (exact) mass is 99.1 g/mol. The van der Waals surface area contributed by atoms with Gasteiger partial charge in [-0.1, -0.05) is 18.2 Å². The summed E-state index contributed by atoms with van der Waals surface area (Å²) in [6, 6.07) is -0.181. The second-order valence-corrected chi connectivity index (χ2v) is 1.32. The fourth-order valence-electron chi connectivity index (χ4n) is 0.284. The maximum atomic E-state index is 9.65. The second-order valence-electron chi connectivity index (χ2n) is 1.32. The molecule has 0 aromatic carbocycles. The highest BCUT2D eigenvalue weighted by atomic mass is 16.3. The lowest BCUT2D eigenvalue weighted by Crippen LogP contribution is -1.92. The van der Waals surface area contributed by atoms with E-state index >= 15 is 0 Å². The van der Waals surface area contributed by atoms with Gasteiger partial charge in [-0.2, -0.15) is 4.91 Å². The topological polar surface area (TPSA) is 29.4 Å². The van der Waals surface area contributed by atoms with Crippen LogP contribution in [-0.2, 0) is 0 Å². The first-order chi connectivity index (χ1) is 3.35. The van der Waals surface area contributed by atoms with Crippen molar-refractivity contribution in [2.75, 3.05) is 0 Å². The van der Waals surface area contributed by atoms with E-state index in [9.17, 15) is 4.91 Å². The molecule has 0 saturated heterocycles. The van der Waals surface area contributed by atoms with Crippen LogP contribution in [0.5, 0.6) is 0 Å². The molecule has 0 aliphatic heterocycles. The van der Waals surface area contributed by atoms with Crippen molar-refractivity contribution in [2.24, 2.45) is 5.18 Å². The molecule has 0 fully saturated rings. The van der Waals surface area contributed by atoms with E-state index in [1.807, 2.05) is 6.92 Å². The highest BCUT2D eigenvalue weighted by Gasteiger charge is 1.94. The largest absolute Gasteiger partial charge is 0.150 e. The van der Waals surface area contributed by atoms with Crippen LogP contribution in [0, 0.1) is 4.91 Å². The zero-order chi connectivity index (χ0) is 5.70. The Bertz CT molecular complexity index is 62.5. The molecule has 0 aromatic heterocycles. The summed E-state index contributed by atoms with van der Waals surface area (Å²) in [4.78, 5) is 9.65. The van der Waals surface area contributed by atoms with Gasteiger partial charge in [-0.05, 0) is 6.42 Å². The van der Waals surface area contributed by atoms with Crippen LogP contribution in [0.4, 0.5) is 0 Å². The van der Waals surface area contributed by atoms with Gasteiger partial charge in [-0.25, -0.2) is 0 Å². The van der Waals surface area contributed by atoms with Crippen LogP contribution in [0.1, 0.15) is 13.3 Å². The van der Waals surface area contributed by atoms with Gasteiger partial charge in [0, 0.05) is 0 Å². The molecule has 0 radical (unpaired) electrons. The summed E-state index contributed by atoms with van der Waals surface area (Å²) < 4.78 is 0. The maximum Gasteiger partial charge on any atom is 0.109 e. The van der Waals surface area contributed by atoms with Crippen LogP contribution in [0.25, 0.3) is 0 Å². The molecule has 0 aliphatic rings. The Morgan fingerprint density at radius 1 is 2.00 bits per heavy atom. The van der Waals surface area contributed by atoms with Gasteiger partial charge in [-0.15, -0.1) is 6.58 Å². The van der Waals surface area contributed by atoms with Gasteiger partial charge < -0.3 is 0 Å². The molecule has 0 spiro atoms. The number of nitroso groups, excluding NO2 is 1. The van der Waals surface area contributed by atoms with Gasteiger partial charge in [0.1, 0.15) is 6.04 Å². The third-order valence-corrected chi connectivity index (χ3v) is 0.826. The van der Waals surface area contributed by atoms with E-state index < -0.39 is 0 Å². The lowest BCUT2D eigenvalue weighted by atomic mass is 10.2. The molecule has 0 saturated carbocycles. The van der Waals surface area contributed by atoms with Crippen LogP contribution < -0.4 is 0 Å². The van der Waals surface area contributed by atoms with Gasteiger partial charge in [0.25, 0.3) is 0 Å². The summed E-state index contributed by atoms with van der Waals surface area (Å²) in [5.41, 5.74) is 0. The van der Waals surface area contributed by atoms with Crippen LogP contribution in [-0.4, -0.2) is 6.04 Å². The van der Waals surface area contributed by atoms with E-state index in [1.54, 1.807) is 6.08 Å². The molecule has 0 aliphatic carbocycles. The van der Waals surface area contributed by atoms with Crippen molar-refractivity contribution >= 4 is 0 Å². The van der Waals surface area contributed by atoms with Gasteiger partial charge >= 0.3 is 0 Å². The van der Waals surface area contributed by atoms with Crippen LogP contribution in [0.15, 0.2) is 17.8 Å². The number of hydrogen-bond acceptors (Lipinski definition) is 2. The Balaban J connectivity index is 3.36. The van der Waals surface area contributed by atoms with Crippen LogP contribution in [0.3, 0.4) is 0 Å². The van der Waals surface area contributed by atoms with Crippen LogP contribution in [0.2, 0.25) is 0 Å². The summed E-state index contributed by atoms with van der Waals surface area (Å²) in [6.07, 6.45) is 2.31. The molecular formula is C5H9NO. The third-order valence-electron chi connectivity index (χ3n) is 0.826. The number of nitrogens with zero attached hydrogens (tertiary/aromatic N) is 1. The minimum absolute atomic E-state index is 0.181. The first-order valence-electron chi connectivity index (χ1n) is 2.30. The molecule has 0 heterocycles. The normalized spacial score (nSPS) is 12.7. The molecule has 0 rings (SSSR count). The minimum Gasteiger partial charge on any atom is -0.150 e. The molecule has 2 heteroatoms. The molecule has 2 nitrogen and oxygen atoms in total. The molecule has 0 N–H and O–H groups in total. The van der Waals surface area contributed by atoms with E-state index in [1.165, 1.54) is 0 Å². The smallest absolute Gasteiger partial charge is 0.109 e. The van der Waals surface area contributed by atoms with E-state index in [0.29, 0.717) is 0 Å². The molecule has 1 atom stereocenters. The van der Waals surface area contributed by atoms with Crippen molar-refractivity contribution in [1.82, 2.24) is 0 Å². The predicted octanol–water partition coefficient (Wildman–Crippen LogP) is 1.72. The number of rotatable bonds is 3. The lowest BCUT2D eigenvalue weighted by Gasteiger charge is -1.91. The van der Waals surface area contributed by atoms with E-state index in [0.717, 1.165) is 6.42 Å². The average molecular weight is 99.1 g/mol. The fraction of sp³-hybridized carbons (Fsp3) is 0.600. The van der Waals surface area contributed by atoms with Crippen molar-refractivity contribution < 1.29 is 0 Å². The summed E-state index contributed by atoms with van der Waals surface area (Å²) in [6.45, 7) is 5.31. The Morgan fingerprint density at radius 3 is 2.57 bits per heavy atom. The third kappa shape index (κ3) is 2.09. The molecule has 1 unspecified atom stereocenters. The zero-order valence-electron chi connectivity index (χ0n) is 4.42. The average Bonchev–Trinajstić information content (AvgIpc) is 1.72. The Labute approximate surface area is 43.2 Å². The lowest BCUT2D eigenvalue weighted by molar-refractivity contribution is 0.780. The summed E-state index contributed by atoms with van der Waals surface area (Å²) in [5, 5.41) is 2.76. The quantitative estimate of drug-likeness (QED) is 0.391. The van der Waals surface area contributed by atoms with Crippen molar-refractivity contribution in [2.45, 2.75) is 19.4 Å². The van der Waals surface area contributed by atoms with Crippen molar-refractivity contribution in [3.05, 3.63) is 17.6 Å². The standard InChI is InChI=1S/C5H9NO/c1-3-5(4-2)6-7/h3,5H,1,4H2,2H3. The summed E-state index contributed by atoms with van der Waals surface area (Å²) in [5.74, 6) is 0. The van der Waals surface area contributed by atoms with Gasteiger partial charge in [-0.3, -0.25) is 0 Å². The SMILES string of the molecule is C=CC(CC)N=O. The van der Waals surface area contributed by atoms with Gasteiger partial charge in [0.15, 0.2) is 0 Å². The Hall–Kier alpha value is -0.660. The maximum absolute atomic E-state index is 9.65. The first kappa shape index (κ1) is 6.34. The van der Waals surface area contributed by atoms with E-state index in [4.69, 9.17) is 0 Å². The van der Waals surface area contributed by atoms with Gasteiger partial charge in [0.05, 0.1) is 0 Å². The molecule has 0 amide bonds. The number of hydrogen-bond donors (Lipinski definition) is 0. The molecular weight excluding hydrogens is 90.1 g/mol. The van der Waals surface area contributed by atoms with Crippen molar-refractivity contribution in [3.8, 4) is 0 Å². The minimum atomic E-state index is -0.181. The van der Waals surface area contributed by atoms with Crippen molar-refractivity contribution in [3.63, 3.8) is 0 Å². The predicted molar refractivity (Wildman–Crippen MR) is 30.1 cm³/mol. The second kappa shape index (κ2) is 3.53. The summed E-state index contributed by atoms with van der Waals surface area (Å²) >= 11 is 0. The van der Waals surface area contributed by atoms with Crippen molar-refractivity contribution in [1.29, 1.82) is 0 Å². The Morgan fingerprint density at radius 2 is 2.57 bits per heavy atom. The zero-order valence-corrected chi connectivity index (χ0v) is 4.42. The van der Waals surface area contributed by atoms with Crippen LogP contribution >= 0.6 is 0 Å². The van der Waals surface area contributed by atoms with E-state index in [2.05, 4.69) is 11.8 Å². The van der Waals surface area contributed by atoms with Gasteiger partial charge in [0.2, 0.25) is 0 Å². The summed E-state index contributed by atoms with van der Waals surface area (Å²) in [7, 11) is 0. The molecule has 40 valence electrons. The molecule has 7 heavy (non-hydrogen) atoms. The highest BCUT2D eigenvalue weighted by Crippen LogP contribution is 1.94. The Kier molecular flexibility index (Phi) is 3.19. The fourth-order valence-corrected chi connectivity index (χ4v) is 0.284. The highest BCUT2D eigenvalue weighted by molar-refractivity contribution is 4.83. The molecule has 0 aromatic rings. The molecule has 0 bridgehead atoms.